The van der Waals surface area contributed by atoms with E-state index in [0.717, 1.165) is 9.90 Å². The number of ether oxygens (including phenoxy) is 1. The van der Waals surface area contributed by atoms with E-state index in [0.29, 0.717) is 11.4 Å². The second-order valence-electron chi connectivity index (χ2n) is 6.38. The van der Waals surface area contributed by atoms with Gasteiger partial charge in [-0.2, -0.15) is 5.26 Å². The van der Waals surface area contributed by atoms with E-state index in [1.54, 1.807) is 24.3 Å². The fourth-order valence-electron chi connectivity index (χ4n) is 2.74. The van der Waals surface area contributed by atoms with Gasteiger partial charge in [-0.05, 0) is 36.4 Å². The van der Waals surface area contributed by atoms with Gasteiger partial charge in [0.2, 0.25) is 11.8 Å². The van der Waals surface area contributed by atoms with Crippen molar-refractivity contribution in [3.63, 3.8) is 0 Å². The number of carbonyl (C=O) groups is 4. The van der Waals surface area contributed by atoms with Crippen molar-refractivity contribution < 1.29 is 23.9 Å². The Morgan fingerprint density at radius 1 is 1.13 bits per heavy atom. The van der Waals surface area contributed by atoms with Gasteiger partial charge in [-0.3, -0.25) is 19.8 Å². The van der Waals surface area contributed by atoms with Crippen LogP contribution in [0.15, 0.2) is 53.4 Å². The molecule has 0 atom stereocenters. The molecule has 0 saturated carbocycles. The molecule has 0 bridgehead atoms. The van der Waals surface area contributed by atoms with Crippen LogP contribution in [-0.4, -0.2) is 36.1 Å². The monoisotopic (exact) mass is 438 g/mol. The number of nitrogens with zero attached hydrogens (tertiary/aromatic N) is 2. The molecule has 0 radical (unpaired) electrons. The quantitative estimate of drug-likeness (QED) is 0.501. The van der Waals surface area contributed by atoms with Crippen molar-refractivity contribution in [1.29, 1.82) is 5.26 Å². The first-order chi connectivity index (χ1) is 15.0. The van der Waals surface area contributed by atoms with Crippen molar-refractivity contribution in [3.8, 4) is 6.07 Å². The maximum Gasteiger partial charge on any atom is 0.338 e. The Morgan fingerprint density at radius 2 is 1.87 bits per heavy atom. The number of hydrogen-bond acceptors (Lipinski definition) is 7. The number of esters is 1. The number of thioether (sulfide) groups is 1. The third-order valence-electron chi connectivity index (χ3n) is 4.20. The number of anilines is 2. The summed E-state index contributed by atoms with van der Waals surface area (Å²) in [6.07, 6.45) is 0.256. The van der Waals surface area contributed by atoms with Crippen LogP contribution in [0.25, 0.3) is 0 Å². The van der Waals surface area contributed by atoms with E-state index in [4.69, 9.17) is 10.00 Å². The molecule has 0 aliphatic carbocycles. The first-order valence-corrected chi connectivity index (χ1v) is 10.2. The maximum atomic E-state index is 12.2. The Bertz CT molecular complexity index is 1050. The average Bonchev–Trinajstić information content (AvgIpc) is 2.78. The lowest BCUT2D eigenvalue weighted by molar-refractivity contribution is -0.130. The van der Waals surface area contributed by atoms with E-state index in [9.17, 15) is 19.2 Å². The second-order valence-corrected chi connectivity index (χ2v) is 7.40. The fourth-order valence-corrected chi connectivity index (χ4v) is 3.41. The van der Waals surface area contributed by atoms with Crippen molar-refractivity contribution in [2.45, 2.75) is 17.7 Å². The van der Waals surface area contributed by atoms with E-state index >= 15 is 0 Å². The van der Waals surface area contributed by atoms with Crippen LogP contribution < -0.4 is 15.8 Å². The number of hydrazine groups is 1. The molecule has 1 heterocycles. The largest absolute Gasteiger partial charge is 0.452 e. The normalized spacial score (nSPS) is 13.2. The highest BCUT2D eigenvalue weighted by Gasteiger charge is 2.24. The lowest BCUT2D eigenvalue weighted by Gasteiger charge is -2.27. The summed E-state index contributed by atoms with van der Waals surface area (Å²) in [4.78, 5) is 48.5. The minimum absolute atomic E-state index is 0.114. The standard InChI is InChI=1S/C21H18N4O5S/c22-11-12-31-17-4-2-1-3-16(17)23-19(27)13-30-21(29)14-5-7-15(8-6-14)25-20(28)10-9-18(26)24-25/h1-8H,9-10,12-13H2,(H,23,27)(H,24,26). The first kappa shape index (κ1) is 21.9. The number of rotatable bonds is 7. The predicted molar refractivity (Wildman–Crippen MR) is 113 cm³/mol. The summed E-state index contributed by atoms with van der Waals surface area (Å²) in [7, 11) is 0. The van der Waals surface area contributed by atoms with Crippen LogP contribution in [0.5, 0.6) is 0 Å². The second kappa shape index (κ2) is 10.3. The Hall–Kier alpha value is -3.84. The van der Waals surface area contributed by atoms with Crippen molar-refractivity contribution >= 4 is 46.8 Å². The van der Waals surface area contributed by atoms with Crippen LogP contribution in [0, 0.1) is 11.3 Å². The molecule has 1 aliphatic rings. The van der Waals surface area contributed by atoms with Gasteiger partial charge in [0.1, 0.15) is 0 Å². The van der Waals surface area contributed by atoms with Gasteiger partial charge in [0.15, 0.2) is 6.61 Å². The summed E-state index contributed by atoms with van der Waals surface area (Å²) in [5, 5.41) is 12.5. The third-order valence-corrected chi connectivity index (χ3v) is 5.14. The molecule has 1 fully saturated rings. The number of hydrogen-bond donors (Lipinski definition) is 2. The molecule has 0 unspecified atom stereocenters. The molecule has 3 amide bonds. The molecular formula is C21H18N4O5S. The summed E-state index contributed by atoms with van der Waals surface area (Å²) < 4.78 is 5.05. The van der Waals surface area contributed by atoms with E-state index in [1.165, 1.54) is 36.0 Å². The van der Waals surface area contributed by atoms with Crippen LogP contribution in [0.2, 0.25) is 0 Å². The van der Waals surface area contributed by atoms with Gasteiger partial charge >= 0.3 is 5.97 Å². The van der Waals surface area contributed by atoms with E-state index < -0.39 is 18.5 Å². The molecule has 1 saturated heterocycles. The Balaban J connectivity index is 1.55. The fraction of sp³-hybridized carbons (Fsp3) is 0.190. The number of carbonyl (C=O) groups excluding carboxylic acids is 4. The number of nitrogens with one attached hydrogen (secondary N) is 2. The highest BCUT2D eigenvalue weighted by Crippen LogP contribution is 2.26. The van der Waals surface area contributed by atoms with Gasteiger partial charge in [-0.1, -0.05) is 12.1 Å². The summed E-state index contributed by atoms with van der Waals surface area (Å²) in [6, 6.07) is 14.9. The van der Waals surface area contributed by atoms with Crippen LogP contribution in [0.1, 0.15) is 23.2 Å². The molecule has 31 heavy (non-hydrogen) atoms. The molecule has 158 valence electrons. The molecule has 2 aromatic rings. The topological polar surface area (TPSA) is 129 Å². The van der Waals surface area contributed by atoms with Gasteiger partial charge in [-0.25, -0.2) is 9.80 Å². The number of benzene rings is 2. The Kier molecular flexibility index (Phi) is 7.24. The molecule has 0 aromatic heterocycles. The van der Waals surface area contributed by atoms with Gasteiger partial charge < -0.3 is 10.1 Å². The maximum absolute atomic E-state index is 12.2. The number of para-hydroxylation sites is 1. The molecule has 2 aromatic carbocycles. The van der Waals surface area contributed by atoms with Crippen molar-refractivity contribution in [1.82, 2.24) is 5.43 Å². The SMILES string of the molecule is N#CCSc1ccccc1NC(=O)COC(=O)c1ccc(N2NC(=O)CCC2=O)cc1. The zero-order chi connectivity index (χ0) is 22.2. The predicted octanol–water partition coefficient (Wildman–Crippen LogP) is 2.26. The van der Waals surface area contributed by atoms with Crippen LogP contribution in [0.3, 0.4) is 0 Å². The first-order valence-electron chi connectivity index (χ1n) is 9.26. The minimum Gasteiger partial charge on any atom is -0.452 e. The average molecular weight is 438 g/mol. The molecule has 3 rings (SSSR count). The van der Waals surface area contributed by atoms with E-state index in [-0.39, 0.29) is 36.0 Å². The van der Waals surface area contributed by atoms with Crippen molar-refractivity contribution in [2.24, 2.45) is 0 Å². The Morgan fingerprint density at radius 3 is 2.61 bits per heavy atom. The van der Waals surface area contributed by atoms with Crippen LogP contribution in [0.4, 0.5) is 11.4 Å². The zero-order valence-electron chi connectivity index (χ0n) is 16.3. The zero-order valence-corrected chi connectivity index (χ0v) is 17.1. The van der Waals surface area contributed by atoms with Gasteiger partial charge in [0.25, 0.3) is 5.91 Å². The number of amides is 3. The highest BCUT2D eigenvalue weighted by molar-refractivity contribution is 7.99. The van der Waals surface area contributed by atoms with Gasteiger partial charge in [0.05, 0.1) is 28.8 Å². The molecule has 1 aliphatic heterocycles. The molecule has 0 spiro atoms. The molecule has 2 N–H and O–H groups in total. The Labute approximate surface area is 182 Å². The van der Waals surface area contributed by atoms with Crippen molar-refractivity contribution in [2.75, 3.05) is 22.7 Å². The molecule has 9 nitrogen and oxygen atoms in total. The molecule has 10 heteroatoms. The molecular weight excluding hydrogens is 420 g/mol. The number of nitriles is 1. The van der Waals surface area contributed by atoms with Crippen LogP contribution >= 0.6 is 11.8 Å². The third kappa shape index (κ3) is 5.83. The summed E-state index contributed by atoms with van der Waals surface area (Å²) in [5.74, 6) is -1.49. The summed E-state index contributed by atoms with van der Waals surface area (Å²) in [6.45, 7) is -0.488. The van der Waals surface area contributed by atoms with E-state index in [2.05, 4.69) is 10.7 Å². The smallest absolute Gasteiger partial charge is 0.338 e. The lowest BCUT2D eigenvalue weighted by atomic mass is 10.2. The summed E-state index contributed by atoms with van der Waals surface area (Å²) in [5.41, 5.74) is 3.60. The van der Waals surface area contributed by atoms with Gasteiger partial charge in [0, 0.05) is 17.7 Å². The van der Waals surface area contributed by atoms with Crippen LogP contribution in [-0.2, 0) is 19.1 Å². The van der Waals surface area contributed by atoms with Gasteiger partial charge in [-0.15, -0.1) is 11.8 Å². The lowest BCUT2D eigenvalue weighted by Crippen LogP contribution is -2.50. The van der Waals surface area contributed by atoms with E-state index in [1.807, 2.05) is 6.07 Å². The summed E-state index contributed by atoms with van der Waals surface area (Å²) >= 11 is 1.29. The highest BCUT2D eigenvalue weighted by atomic mass is 32.2. The minimum atomic E-state index is -0.706. The van der Waals surface area contributed by atoms with Crippen molar-refractivity contribution in [3.05, 3.63) is 54.1 Å².